The number of halogens is 1. The Morgan fingerprint density at radius 2 is 2.00 bits per heavy atom. The first-order valence-corrected chi connectivity index (χ1v) is 7.36. The van der Waals surface area contributed by atoms with Crippen molar-refractivity contribution < 1.29 is 5.11 Å². The fraction of sp³-hybridized carbons (Fsp3) is 0.714. The van der Waals surface area contributed by atoms with Crippen LogP contribution in [-0.2, 0) is 0 Å². The second-order valence-corrected chi connectivity index (χ2v) is 6.08. The number of nitrogens with one attached hydrogen (secondary N) is 1. The quantitative estimate of drug-likeness (QED) is 0.832. The summed E-state index contributed by atoms with van der Waals surface area (Å²) in [4.78, 5) is 8.28. The van der Waals surface area contributed by atoms with Gasteiger partial charge in [-0.15, -0.1) is 0 Å². The molecule has 106 valence electrons. The van der Waals surface area contributed by atoms with Gasteiger partial charge >= 0.3 is 0 Å². The first-order valence-electron chi connectivity index (χ1n) is 6.98. The van der Waals surface area contributed by atoms with Gasteiger partial charge < -0.3 is 10.4 Å². The van der Waals surface area contributed by atoms with E-state index in [1.807, 2.05) is 0 Å². The van der Waals surface area contributed by atoms with E-state index < -0.39 is 5.60 Å². The van der Waals surface area contributed by atoms with Crippen LogP contribution < -0.4 is 5.32 Å². The number of hydrogen-bond donors (Lipinski definition) is 2. The molecule has 1 aliphatic rings. The van der Waals surface area contributed by atoms with E-state index in [0.717, 1.165) is 37.1 Å². The number of rotatable bonds is 4. The van der Waals surface area contributed by atoms with Crippen molar-refractivity contribution >= 4 is 17.4 Å². The van der Waals surface area contributed by atoms with Crippen LogP contribution in [0.3, 0.4) is 0 Å². The van der Waals surface area contributed by atoms with E-state index in [-0.39, 0.29) is 5.92 Å². The van der Waals surface area contributed by atoms with Crippen molar-refractivity contribution in [2.45, 2.75) is 57.5 Å². The molecule has 1 heterocycles. The summed E-state index contributed by atoms with van der Waals surface area (Å²) < 4.78 is 0. The zero-order valence-electron chi connectivity index (χ0n) is 11.6. The molecule has 19 heavy (non-hydrogen) atoms. The predicted molar refractivity (Wildman–Crippen MR) is 77.7 cm³/mol. The molecule has 1 fully saturated rings. The number of aromatic nitrogens is 2. The molecule has 0 aliphatic heterocycles. The number of hydrogen-bond acceptors (Lipinski definition) is 4. The molecular formula is C14H22ClN3O. The molecule has 1 aromatic rings. The third kappa shape index (κ3) is 3.57. The smallest absolute Gasteiger partial charge is 0.138 e. The van der Waals surface area contributed by atoms with Gasteiger partial charge in [-0.2, -0.15) is 0 Å². The van der Waals surface area contributed by atoms with Crippen molar-refractivity contribution in [2.24, 2.45) is 0 Å². The topological polar surface area (TPSA) is 58.0 Å². The van der Waals surface area contributed by atoms with Crippen molar-refractivity contribution in [3.05, 3.63) is 17.0 Å². The van der Waals surface area contributed by atoms with E-state index in [1.54, 1.807) is 0 Å². The maximum absolute atomic E-state index is 10.5. The second-order valence-electron chi connectivity index (χ2n) is 5.72. The Morgan fingerprint density at radius 1 is 1.32 bits per heavy atom. The summed E-state index contributed by atoms with van der Waals surface area (Å²) in [5, 5.41) is 14.2. The molecular weight excluding hydrogens is 262 g/mol. The number of anilines is 1. The van der Waals surface area contributed by atoms with Gasteiger partial charge in [0.2, 0.25) is 0 Å². The Labute approximate surface area is 119 Å². The zero-order valence-corrected chi connectivity index (χ0v) is 12.4. The summed E-state index contributed by atoms with van der Waals surface area (Å²) in [5.74, 6) is 0.992. The van der Waals surface area contributed by atoms with Crippen LogP contribution in [0.5, 0.6) is 0 Å². The third-order valence-electron chi connectivity index (χ3n) is 3.78. The Hall–Kier alpha value is -0.870. The van der Waals surface area contributed by atoms with Crippen LogP contribution in [0.25, 0.3) is 0 Å². The normalized spacial score (nSPS) is 18.6. The van der Waals surface area contributed by atoms with Crippen molar-refractivity contribution in [1.29, 1.82) is 0 Å². The average molecular weight is 284 g/mol. The van der Waals surface area contributed by atoms with Crippen molar-refractivity contribution in [1.82, 2.24) is 9.97 Å². The Kier molecular flexibility index (Phi) is 4.63. The lowest BCUT2D eigenvalue weighted by atomic mass is 9.85. The predicted octanol–water partition coefficient (Wildman–Crippen LogP) is 3.36. The molecule has 0 saturated heterocycles. The van der Waals surface area contributed by atoms with Gasteiger partial charge in [0.05, 0.1) is 5.60 Å². The fourth-order valence-corrected chi connectivity index (χ4v) is 3.01. The van der Waals surface area contributed by atoms with E-state index in [4.69, 9.17) is 11.6 Å². The van der Waals surface area contributed by atoms with Crippen LogP contribution in [0.15, 0.2) is 6.33 Å². The van der Waals surface area contributed by atoms with E-state index in [9.17, 15) is 5.11 Å². The highest BCUT2D eigenvalue weighted by atomic mass is 35.5. The molecule has 0 unspecified atom stereocenters. The minimum absolute atomic E-state index is 0.247. The highest BCUT2D eigenvalue weighted by Crippen LogP contribution is 2.31. The van der Waals surface area contributed by atoms with Crippen LogP contribution in [-0.4, -0.2) is 27.2 Å². The van der Waals surface area contributed by atoms with Gasteiger partial charge in [-0.05, 0) is 18.8 Å². The summed E-state index contributed by atoms with van der Waals surface area (Å²) in [6.45, 7) is 4.65. The van der Waals surface area contributed by atoms with Crippen LogP contribution >= 0.6 is 11.6 Å². The molecule has 5 heteroatoms. The van der Waals surface area contributed by atoms with Gasteiger partial charge in [0.1, 0.15) is 17.3 Å². The van der Waals surface area contributed by atoms with Gasteiger partial charge in [0.15, 0.2) is 0 Å². The molecule has 0 aromatic carbocycles. The van der Waals surface area contributed by atoms with Crippen LogP contribution in [0, 0.1) is 0 Å². The summed E-state index contributed by atoms with van der Waals surface area (Å²) >= 11 is 6.13. The standard InChI is InChI=1S/C14H22ClN3O/c1-10(2)11-12(15)17-9-18-13(11)16-8-14(19)6-4-3-5-7-14/h9-10,19H,3-8H2,1-2H3,(H,16,17,18). The summed E-state index contributed by atoms with van der Waals surface area (Å²) in [6.07, 6.45) is 6.59. The highest BCUT2D eigenvalue weighted by Gasteiger charge is 2.29. The molecule has 0 spiro atoms. The molecule has 1 saturated carbocycles. The first-order chi connectivity index (χ1) is 9.02. The zero-order chi connectivity index (χ0) is 13.9. The van der Waals surface area contributed by atoms with Crippen LogP contribution in [0.1, 0.15) is 57.4 Å². The van der Waals surface area contributed by atoms with Crippen molar-refractivity contribution in [3.63, 3.8) is 0 Å². The minimum atomic E-state index is -0.607. The van der Waals surface area contributed by atoms with Crippen LogP contribution in [0.2, 0.25) is 5.15 Å². The van der Waals surface area contributed by atoms with E-state index >= 15 is 0 Å². The van der Waals surface area contributed by atoms with Crippen LogP contribution in [0.4, 0.5) is 5.82 Å². The fourth-order valence-electron chi connectivity index (χ4n) is 2.66. The van der Waals surface area contributed by atoms with E-state index in [2.05, 4.69) is 29.1 Å². The number of nitrogens with zero attached hydrogens (tertiary/aromatic N) is 2. The van der Waals surface area contributed by atoms with Gasteiger partial charge in [-0.3, -0.25) is 0 Å². The van der Waals surface area contributed by atoms with E-state index in [1.165, 1.54) is 12.7 Å². The van der Waals surface area contributed by atoms with Gasteiger partial charge in [-0.1, -0.05) is 44.7 Å². The summed E-state index contributed by atoms with van der Waals surface area (Å²) in [7, 11) is 0. The lowest BCUT2D eigenvalue weighted by Crippen LogP contribution is -2.39. The SMILES string of the molecule is CC(C)c1c(Cl)ncnc1NCC1(O)CCCCC1. The Balaban J connectivity index is 2.09. The van der Waals surface area contributed by atoms with Crippen molar-refractivity contribution in [3.8, 4) is 0 Å². The van der Waals surface area contributed by atoms with Crippen molar-refractivity contribution in [2.75, 3.05) is 11.9 Å². The molecule has 1 aliphatic carbocycles. The second kappa shape index (κ2) is 6.06. The number of aliphatic hydroxyl groups is 1. The molecule has 2 rings (SSSR count). The summed E-state index contributed by atoms with van der Waals surface area (Å²) in [6, 6.07) is 0. The lowest BCUT2D eigenvalue weighted by molar-refractivity contribution is 0.0166. The molecule has 2 N–H and O–H groups in total. The lowest BCUT2D eigenvalue weighted by Gasteiger charge is -2.32. The molecule has 0 radical (unpaired) electrons. The van der Waals surface area contributed by atoms with Gasteiger partial charge in [0, 0.05) is 12.1 Å². The van der Waals surface area contributed by atoms with E-state index in [0.29, 0.717) is 11.7 Å². The average Bonchev–Trinajstić information content (AvgIpc) is 2.37. The molecule has 0 bridgehead atoms. The largest absolute Gasteiger partial charge is 0.388 e. The Morgan fingerprint density at radius 3 is 2.63 bits per heavy atom. The van der Waals surface area contributed by atoms with Gasteiger partial charge in [-0.25, -0.2) is 9.97 Å². The maximum Gasteiger partial charge on any atom is 0.138 e. The molecule has 0 amide bonds. The molecule has 0 atom stereocenters. The van der Waals surface area contributed by atoms with Gasteiger partial charge in [0.25, 0.3) is 0 Å². The maximum atomic E-state index is 10.5. The first kappa shape index (κ1) is 14.5. The monoisotopic (exact) mass is 283 g/mol. The third-order valence-corrected chi connectivity index (χ3v) is 4.08. The minimum Gasteiger partial charge on any atom is -0.388 e. The highest BCUT2D eigenvalue weighted by molar-refractivity contribution is 6.30. The summed E-state index contributed by atoms with van der Waals surface area (Å²) in [5.41, 5.74) is 0.313. The molecule has 1 aromatic heterocycles. The Bertz CT molecular complexity index is 431. The molecule has 4 nitrogen and oxygen atoms in total.